The van der Waals surface area contributed by atoms with Crippen molar-refractivity contribution in [3.63, 3.8) is 0 Å². The van der Waals surface area contributed by atoms with Crippen LogP contribution in [0.4, 0.5) is 4.79 Å². The quantitative estimate of drug-likeness (QED) is 0.580. The second-order valence-corrected chi connectivity index (χ2v) is 7.94. The van der Waals surface area contributed by atoms with Crippen LogP contribution in [0.15, 0.2) is 35.4 Å². The zero-order valence-corrected chi connectivity index (χ0v) is 16.3. The van der Waals surface area contributed by atoms with Crippen molar-refractivity contribution in [2.24, 2.45) is 0 Å². The van der Waals surface area contributed by atoms with E-state index in [4.69, 9.17) is 4.74 Å². The van der Waals surface area contributed by atoms with Crippen LogP contribution in [0.2, 0.25) is 0 Å². The number of likely N-dealkylation sites (tertiary alicyclic amines) is 1. The molecule has 1 saturated heterocycles. The van der Waals surface area contributed by atoms with Gasteiger partial charge in [0.05, 0.1) is 29.3 Å². The number of piperidine rings is 1. The van der Waals surface area contributed by atoms with Gasteiger partial charge in [-0.2, -0.15) is 5.26 Å². The molecule has 0 atom stereocenters. The Balaban J connectivity index is 1.78. The molecule has 2 heterocycles. The van der Waals surface area contributed by atoms with Crippen LogP contribution in [-0.4, -0.2) is 52.9 Å². The van der Waals surface area contributed by atoms with Crippen molar-refractivity contribution in [2.75, 3.05) is 19.6 Å². The molecule has 2 aliphatic heterocycles. The van der Waals surface area contributed by atoms with E-state index >= 15 is 0 Å². The Morgan fingerprint density at radius 1 is 1.18 bits per heavy atom. The van der Waals surface area contributed by atoms with E-state index in [1.165, 1.54) is 0 Å². The maximum atomic E-state index is 12.6. The first-order valence-corrected chi connectivity index (χ1v) is 9.25. The number of amides is 3. The lowest BCUT2D eigenvalue weighted by atomic mass is 9.99. The third-order valence-electron chi connectivity index (χ3n) is 4.70. The molecule has 7 heteroatoms. The van der Waals surface area contributed by atoms with Gasteiger partial charge in [-0.05, 0) is 51.3 Å². The molecular formula is C21H23N3O4. The highest BCUT2D eigenvalue weighted by molar-refractivity contribution is 6.21. The maximum absolute atomic E-state index is 12.6. The zero-order valence-electron chi connectivity index (χ0n) is 16.3. The molecule has 1 aromatic rings. The minimum atomic E-state index is -0.601. The molecule has 1 fully saturated rings. The Labute approximate surface area is 164 Å². The second-order valence-electron chi connectivity index (χ2n) is 7.94. The summed E-state index contributed by atoms with van der Waals surface area (Å²) in [5.41, 5.74) is 1.22. The summed E-state index contributed by atoms with van der Waals surface area (Å²) in [6, 6.07) is 8.76. The predicted octanol–water partition coefficient (Wildman–Crippen LogP) is 3.13. The number of carbonyl (C=O) groups excluding carboxylic acids is 3. The van der Waals surface area contributed by atoms with Crippen LogP contribution in [0.25, 0.3) is 0 Å². The summed E-state index contributed by atoms with van der Waals surface area (Å²) in [4.78, 5) is 40.1. The molecule has 0 saturated carbocycles. The lowest BCUT2D eigenvalue weighted by molar-refractivity contribution is 0.0245. The fourth-order valence-electron chi connectivity index (χ4n) is 3.37. The van der Waals surface area contributed by atoms with Crippen molar-refractivity contribution in [1.29, 1.82) is 5.26 Å². The molecule has 1 aromatic carbocycles. The van der Waals surface area contributed by atoms with E-state index < -0.39 is 23.5 Å². The molecule has 0 aliphatic carbocycles. The molecule has 0 unspecified atom stereocenters. The fourth-order valence-corrected chi connectivity index (χ4v) is 3.37. The van der Waals surface area contributed by atoms with Gasteiger partial charge >= 0.3 is 6.09 Å². The van der Waals surface area contributed by atoms with E-state index in [0.29, 0.717) is 36.1 Å². The number of rotatable bonds is 2. The largest absolute Gasteiger partial charge is 0.444 e. The number of benzene rings is 1. The highest BCUT2D eigenvalue weighted by Gasteiger charge is 2.36. The molecule has 0 N–H and O–H groups in total. The third kappa shape index (κ3) is 3.91. The predicted molar refractivity (Wildman–Crippen MR) is 101 cm³/mol. The van der Waals surface area contributed by atoms with Crippen LogP contribution >= 0.6 is 0 Å². The monoisotopic (exact) mass is 381 g/mol. The van der Waals surface area contributed by atoms with E-state index in [2.05, 4.69) is 6.07 Å². The molecule has 0 spiro atoms. The van der Waals surface area contributed by atoms with E-state index in [1.807, 2.05) is 0 Å². The van der Waals surface area contributed by atoms with Gasteiger partial charge in [-0.25, -0.2) is 4.79 Å². The summed E-state index contributed by atoms with van der Waals surface area (Å²) in [7, 11) is 0. The number of hydrogen-bond acceptors (Lipinski definition) is 5. The van der Waals surface area contributed by atoms with Gasteiger partial charge in [-0.1, -0.05) is 12.1 Å². The van der Waals surface area contributed by atoms with Crippen molar-refractivity contribution >= 4 is 17.9 Å². The first-order chi connectivity index (χ1) is 13.2. The lowest BCUT2D eigenvalue weighted by Gasteiger charge is -2.32. The summed E-state index contributed by atoms with van der Waals surface area (Å²) < 4.78 is 5.41. The molecular weight excluding hydrogens is 358 g/mol. The first kappa shape index (κ1) is 19.6. The molecule has 28 heavy (non-hydrogen) atoms. The van der Waals surface area contributed by atoms with Gasteiger partial charge in [-0.15, -0.1) is 0 Å². The highest BCUT2D eigenvalue weighted by atomic mass is 16.6. The van der Waals surface area contributed by atoms with Crippen molar-refractivity contribution in [1.82, 2.24) is 9.80 Å². The molecule has 0 aromatic heterocycles. The molecule has 3 rings (SSSR count). The Bertz CT molecular complexity index is 870. The number of nitriles is 1. The van der Waals surface area contributed by atoms with Crippen LogP contribution in [-0.2, 0) is 4.74 Å². The summed E-state index contributed by atoms with van der Waals surface area (Å²) >= 11 is 0. The summed E-state index contributed by atoms with van der Waals surface area (Å²) in [6.45, 7) is 6.13. The van der Waals surface area contributed by atoms with Crippen molar-refractivity contribution in [3.8, 4) is 6.07 Å². The lowest BCUT2D eigenvalue weighted by Crippen LogP contribution is -2.41. The van der Waals surface area contributed by atoms with Gasteiger partial charge in [0.15, 0.2) is 0 Å². The van der Waals surface area contributed by atoms with Crippen molar-refractivity contribution < 1.29 is 19.1 Å². The molecule has 7 nitrogen and oxygen atoms in total. The Kier molecular flexibility index (Phi) is 5.23. The Morgan fingerprint density at radius 2 is 1.79 bits per heavy atom. The number of hydrogen-bond donors (Lipinski definition) is 0. The minimum Gasteiger partial charge on any atom is -0.444 e. The molecule has 3 amide bonds. The van der Waals surface area contributed by atoms with Crippen LogP contribution in [0.5, 0.6) is 0 Å². The summed E-state index contributed by atoms with van der Waals surface area (Å²) in [6.07, 6.45) is 0.912. The van der Waals surface area contributed by atoms with E-state index in [9.17, 15) is 19.6 Å². The highest BCUT2D eigenvalue weighted by Crippen LogP contribution is 2.26. The number of carbonyl (C=O) groups is 3. The van der Waals surface area contributed by atoms with Gasteiger partial charge in [0.2, 0.25) is 0 Å². The minimum absolute atomic E-state index is 0.0830. The van der Waals surface area contributed by atoms with Gasteiger partial charge in [0.25, 0.3) is 11.8 Å². The SMILES string of the molecule is CC(C)(C)OC(=O)N1CCCC(=C(C#N)CN2C(=O)c3ccccc3C2=O)C1. The molecule has 0 radical (unpaired) electrons. The van der Waals surface area contributed by atoms with Gasteiger partial charge in [-0.3, -0.25) is 14.5 Å². The van der Waals surface area contributed by atoms with Gasteiger partial charge in [0.1, 0.15) is 5.60 Å². The van der Waals surface area contributed by atoms with Gasteiger partial charge < -0.3 is 9.64 Å². The fraction of sp³-hybridized carbons (Fsp3) is 0.429. The average Bonchev–Trinajstić information content (AvgIpc) is 2.89. The smallest absolute Gasteiger partial charge is 0.410 e. The Hall–Kier alpha value is -3.14. The van der Waals surface area contributed by atoms with E-state index in [-0.39, 0.29) is 13.1 Å². The van der Waals surface area contributed by atoms with Crippen molar-refractivity contribution in [3.05, 3.63) is 46.5 Å². The average molecular weight is 381 g/mol. The van der Waals surface area contributed by atoms with Crippen LogP contribution < -0.4 is 0 Å². The normalized spacial score (nSPS) is 18.6. The molecule has 146 valence electrons. The zero-order chi connectivity index (χ0) is 20.5. The van der Waals surface area contributed by atoms with E-state index in [1.54, 1.807) is 49.9 Å². The van der Waals surface area contributed by atoms with Gasteiger partial charge in [0, 0.05) is 13.1 Å². The second kappa shape index (κ2) is 7.47. The summed E-state index contributed by atoms with van der Waals surface area (Å²) in [5.74, 6) is -0.789. The third-order valence-corrected chi connectivity index (χ3v) is 4.70. The topological polar surface area (TPSA) is 90.7 Å². The summed E-state index contributed by atoms with van der Waals surface area (Å²) in [5, 5.41) is 9.65. The van der Waals surface area contributed by atoms with E-state index in [0.717, 1.165) is 10.5 Å². The van der Waals surface area contributed by atoms with Crippen LogP contribution in [0, 0.1) is 11.3 Å². The Morgan fingerprint density at radius 3 is 2.32 bits per heavy atom. The number of fused-ring (bicyclic) bond motifs is 1. The van der Waals surface area contributed by atoms with Crippen LogP contribution in [0.1, 0.15) is 54.3 Å². The standard InChI is InChI=1S/C21H23N3O4/c1-21(2,3)28-20(27)23-10-6-7-14(12-23)15(11-22)13-24-18(25)16-8-4-5-9-17(16)19(24)26/h4-5,8-9H,6-7,10,12-13H2,1-3H3. The molecule has 2 aliphatic rings. The first-order valence-electron chi connectivity index (χ1n) is 9.25. The number of nitrogens with zero attached hydrogens (tertiary/aromatic N) is 3. The number of imide groups is 1. The number of ether oxygens (including phenoxy) is 1. The maximum Gasteiger partial charge on any atom is 0.410 e. The van der Waals surface area contributed by atoms with Crippen molar-refractivity contribution in [2.45, 2.75) is 39.2 Å². The molecule has 0 bridgehead atoms. The van der Waals surface area contributed by atoms with Crippen LogP contribution in [0.3, 0.4) is 0 Å².